The Morgan fingerprint density at radius 1 is 0.724 bits per heavy atom. The van der Waals surface area contributed by atoms with E-state index < -0.39 is 67.1 Å². The molecule has 0 saturated carbocycles. The number of carbonyl (C=O) groups excluding carboxylic acids is 1. The van der Waals surface area contributed by atoms with Crippen LogP contribution in [0.25, 0.3) is 0 Å². The smallest absolute Gasteiger partial charge is 0.460 e. The quantitative estimate of drug-likeness (QED) is 0.290. The van der Waals surface area contributed by atoms with E-state index in [9.17, 15) is 61.9 Å². The van der Waals surface area contributed by atoms with Gasteiger partial charge in [-0.05, 0) is 13.3 Å². The number of alkyl halides is 13. The summed E-state index contributed by atoms with van der Waals surface area (Å²) in [5.41, 5.74) is 0. The summed E-state index contributed by atoms with van der Waals surface area (Å²) in [5.74, 6) is -41.1. The fraction of sp³-hybridized carbons (Fsp3) is 0.929. The molecule has 0 saturated heterocycles. The molecule has 0 heterocycles. The van der Waals surface area contributed by atoms with Gasteiger partial charge in [0.25, 0.3) is 0 Å². The Morgan fingerprint density at radius 3 is 1.48 bits per heavy atom. The van der Waals surface area contributed by atoms with Crippen LogP contribution in [-0.4, -0.2) is 48.4 Å². The molecule has 0 N–H and O–H groups in total. The van der Waals surface area contributed by atoms with Gasteiger partial charge in [-0.3, -0.25) is 4.79 Å². The number of rotatable bonds is 10. The molecule has 0 aliphatic carbocycles. The predicted octanol–water partition coefficient (Wildman–Crippen LogP) is 6.09. The van der Waals surface area contributed by atoms with Gasteiger partial charge in [0.1, 0.15) is 0 Å². The normalized spacial score (nSPS) is 16.0. The van der Waals surface area contributed by atoms with Crippen molar-refractivity contribution >= 4 is 5.97 Å². The maximum absolute atomic E-state index is 13.8. The van der Waals surface area contributed by atoms with Crippen LogP contribution in [0.1, 0.15) is 33.1 Å². The van der Waals surface area contributed by atoms with Crippen LogP contribution in [0.5, 0.6) is 0 Å². The van der Waals surface area contributed by atoms with Gasteiger partial charge in [0, 0.05) is 6.42 Å². The van der Waals surface area contributed by atoms with Gasteiger partial charge in [0.15, 0.2) is 0 Å². The van der Waals surface area contributed by atoms with Gasteiger partial charge >= 0.3 is 41.8 Å². The minimum Gasteiger partial charge on any atom is -0.466 e. The molecule has 0 radical (unpaired) electrons. The monoisotopic (exact) mass is 462 g/mol. The lowest BCUT2D eigenvalue weighted by Gasteiger charge is -2.40. The molecule has 0 amide bonds. The zero-order valence-electron chi connectivity index (χ0n) is 14.6. The Morgan fingerprint density at radius 2 is 1.14 bits per heavy atom. The van der Waals surface area contributed by atoms with Crippen molar-refractivity contribution in [3.05, 3.63) is 0 Å². The van der Waals surface area contributed by atoms with E-state index >= 15 is 0 Å². The second kappa shape index (κ2) is 8.36. The molecule has 1 unspecified atom stereocenters. The maximum atomic E-state index is 13.8. The summed E-state index contributed by atoms with van der Waals surface area (Å²) < 4.78 is 174. The first kappa shape index (κ1) is 27.6. The Balaban J connectivity index is 6.18. The molecule has 2 nitrogen and oxygen atoms in total. The summed E-state index contributed by atoms with van der Waals surface area (Å²) >= 11 is 0. The molecule has 0 fully saturated rings. The number of hydrogen-bond donors (Lipinski definition) is 0. The molecule has 1 atom stereocenters. The summed E-state index contributed by atoms with van der Waals surface area (Å²) in [6.45, 7) is 1.92. The van der Waals surface area contributed by atoms with E-state index in [4.69, 9.17) is 0 Å². The molecule has 29 heavy (non-hydrogen) atoms. The molecular weight excluding hydrogens is 447 g/mol. The van der Waals surface area contributed by atoms with Gasteiger partial charge in [0.05, 0.1) is 12.5 Å². The summed E-state index contributed by atoms with van der Waals surface area (Å²) in [6.07, 6.45) is -10.9. The van der Waals surface area contributed by atoms with Crippen LogP contribution in [0.15, 0.2) is 0 Å². The van der Waals surface area contributed by atoms with Crippen molar-refractivity contribution in [2.75, 3.05) is 6.61 Å². The van der Waals surface area contributed by atoms with Crippen molar-refractivity contribution in [1.82, 2.24) is 0 Å². The molecule has 174 valence electrons. The third kappa shape index (κ3) is 4.67. The minimum absolute atomic E-state index is 0.177. The first-order valence-corrected chi connectivity index (χ1v) is 7.78. The van der Waals surface area contributed by atoms with E-state index in [1.54, 1.807) is 0 Å². The molecule has 0 aromatic heterocycles. The molecule has 0 aliphatic heterocycles. The van der Waals surface area contributed by atoms with Gasteiger partial charge in [-0.2, -0.15) is 57.1 Å². The fourth-order valence-electron chi connectivity index (χ4n) is 2.15. The Bertz CT molecular complexity index is 568. The first-order valence-electron chi connectivity index (χ1n) is 7.78. The van der Waals surface area contributed by atoms with Gasteiger partial charge in [-0.25, -0.2) is 0 Å². The second-order valence-electron chi connectivity index (χ2n) is 5.94. The summed E-state index contributed by atoms with van der Waals surface area (Å²) in [7, 11) is 0. The van der Waals surface area contributed by atoms with Gasteiger partial charge in [-0.15, -0.1) is 0 Å². The van der Waals surface area contributed by atoms with Crippen molar-refractivity contribution in [3.8, 4) is 0 Å². The van der Waals surface area contributed by atoms with Crippen molar-refractivity contribution in [2.45, 2.75) is 68.9 Å². The van der Waals surface area contributed by atoms with Crippen molar-refractivity contribution in [3.63, 3.8) is 0 Å². The average Bonchev–Trinajstić information content (AvgIpc) is 2.52. The van der Waals surface area contributed by atoms with E-state index in [0.29, 0.717) is 0 Å². The molecule has 0 spiro atoms. The number of esters is 1. The Hall–Kier alpha value is -1.44. The van der Waals surface area contributed by atoms with Crippen molar-refractivity contribution in [1.29, 1.82) is 0 Å². The van der Waals surface area contributed by atoms with Gasteiger partial charge < -0.3 is 4.74 Å². The predicted molar refractivity (Wildman–Crippen MR) is 70.4 cm³/mol. The third-order valence-corrected chi connectivity index (χ3v) is 3.76. The van der Waals surface area contributed by atoms with Crippen LogP contribution in [0.4, 0.5) is 57.1 Å². The van der Waals surface area contributed by atoms with E-state index in [0.717, 1.165) is 6.92 Å². The number of carbonyl (C=O) groups is 1. The van der Waals surface area contributed by atoms with E-state index in [1.165, 1.54) is 6.92 Å². The molecular formula is C14H15F13O2. The minimum atomic E-state index is -7.95. The molecule has 0 aliphatic rings. The SMILES string of the molecule is CCCC(CC(F)(F)C(F)(F)C(F)(F)C(F)(F)C(F)(F)C(F)(F)F)C(=O)OCC. The summed E-state index contributed by atoms with van der Waals surface area (Å²) in [4.78, 5) is 11.5. The molecule has 0 aromatic carbocycles. The Labute approximate surface area is 155 Å². The van der Waals surface area contributed by atoms with E-state index in [1.807, 2.05) is 0 Å². The highest BCUT2D eigenvalue weighted by atomic mass is 19.4. The molecule has 15 heteroatoms. The zero-order chi connectivity index (χ0) is 23.7. The Kier molecular flexibility index (Phi) is 7.94. The standard InChI is InChI=1S/C14H15F13O2/c1-3-5-7(8(28)29-4-2)6-9(15,16)10(17,18)11(19,20)12(21,22)13(23,24)14(25,26)27/h7H,3-6H2,1-2H3. The van der Waals surface area contributed by atoms with Crippen molar-refractivity contribution in [2.24, 2.45) is 5.92 Å². The molecule has 0 rings (SSSR count). The topological polar surface area (TPSA) is 26.3 Å². The largest absolute Gasteiger partial charge is 0.466 e. The van der Waals surface area contributed by atoms with Crippen LogP contribution in [0, 0.1) is 5.92 Å². The number of hydrogen-bond acceptors (Lipinski definition) is 2. The van der Waals surface area contributed by atoms with Crippen LogP contribution in [0.3, 0.4) is 0 Å². The summed E-state index contributed by atoms with van der Waals surface area (Å²) in [5, 5.41) is 0. The van der Waals surface area contributed by atoms with Crippen LogP contribution >= 0.6 is 0 Å². The third-order valence-electron chi connectivity index (χ3n) is 3.76. The molecule has 0 bridgehead atoms. The van der Waals surface area contributed by atoms with E-state index in [2.05, 4.69) is 4.74 Å². The lowest BCUT2D eigenvalue weighted by Crippen LogP contribution is -2.70. The van der Waals surface area contributed by atoms with Crippen molar-refractivity contribution < 1.29 is 66.6 Å². The lowest BCUT2D eigenvalue weighted by atomic mass is 9.87. The average molecular weight is 462 g/mol. The molecule has 0 aromatic rings. The zero-order valence-corrected chi connectivity index (χ0v) is 14.6. The van der Waals surface area contributed by atoms with Gasteiger partial charge in [-0.1, -0.05) is 13.3 Å². The highest BCUT2D eigenvalue weighted by Gasteiger charge is 2.90. The highest BCUT2D eigenvalue weighted by Crippen LogP contribution is 2.61. The highest BCUT2D eigenvalue weighted by molar-refractivity contribution is 5.72. The summed E-state index contributed by atoms with van der Waals surface area (Å²) in [6, 6.07) is 0. The van der Waals surface area contributed by atoms with Crippen LogP contribution in [0.2, 0.25) is 0 Å². The second-order valence-corrected chi connectivity index (χ2v) is 5.94. The van der Waals surface area contributed by atoms with Gasteiger partial charge in [0.2, 0.25) is 0 Å². The van der Waals surface area contributed by atoms with E-state index in [-0.39, 0.29) is 6.42 Å². The maximum Gasteiger partial charge on any atom is 0.460 e. The number of halogens is 13. The van der Waals surface area contributed by atoms with Crippen LogP contribution in [-0.2, 0) is 9.53 Å². The van der Waals surface area contributed by atoms with Crippen LogP contribution < -0.4 is 0 Å². The first-order chi connectivity index (χ1) is 12.7. The lowest BCUT2D eigenvalue weighted by molar-refractivity contribution is -0.440. The fourth-order valence-corrected chi connectivity index (χ4v) is 2.15. The number of ether oxygens (including phenoxy) is 1.